The number of ether oxygens (including phenoxy) is 3. The molecule has 0 bridgehead atoms. The van der Waals surface area contributed by atoms with Gasteiger partial charge >= 0.3 is 0 Å². The third kappa shape index (κ3) is 2.23. The Morgan fingerprint density at radius 1 is 1.30 bits per heavy atom. The van der Waals surface area contributed by atoms with E-state index in [1.165, 1.54) is 0 Å². The largest absolute Gasteiger partial charge is 0.493 e. The van der Waals surface area contributed by atoms with Crippen molar-refractivity contribution in [2.75, 3.05) is 13.9 Å². The van der Waals surface area contributed by atoms with E-state index in [2.05, 4.69) is 16.5 Å². The molecule has 1 aliphatic heterocycles. The third-order valence-electron chi connectivity index (χ3n) is 3.96. The van der Waals surface area contributed by atoms with E-state index in [0.29, 0.717) is 17.2 Å². The topological polar surface area (TPSA) is 58.7 Å². The Balaban J connectivity index is 1.79. The minimum absolute atomic E-state index is 0.0268. The maximum atomic E-state index is 5.51. The average Bonchev–Trinajstić information content (AvgIpc) is 3.33. The molecule has 0 unspecified atom stereocenters. The number of aromatic nitrogens is 2. The van der Waals surface area contributed by atoms with Gasteiger partial charge in [-0.05, 0) is 31.2 Å². The van der Waals surface area contributed by atoms with Gasteiger partial charge in [0.2, 0.25) is 12.5 Å². The third-order valence-corrected chi connectivity index (χ3v) is 3.96. The molecule has 4 rings (SSSR count). The molecular weight excluding hydrogens is 296 g/mol. The first-order chi connectivity index (χ1) is 11.3. The van der Waals surface area contributed by atoms with Crippen molar-refractivity contribution in [1.82, 2.24) is 9.55 Å². The van der Waals surface area contributed by atoms with Crippen LogP contribution in [0, 0.1) is 0 Å². The lowest BCUT2D eigenvalue weighted by Gasteiger charge is -2.15. The van der Waals surface area contributed by atoms with E-state index in [-0.39, 0.29) is 12.8 Å². The highest BCUT2D eigenvalue weighted by molar-refractivity contribution is 5.67. The van der Waals surface area contributed by atoms with E-state index < -0.39 is 0 Å². The zero-order valence-electron chi connectivity index (χ0n) is 12.9. The highest BCUT2D eigenvalue weighted by Crippen LogP contribution is 2.44. The molecule has 1 aliphatic rings. The molecule has 0 amide bonds. The van der Waals surface area contributed by atoms with Crippen LogP contribution in [0.15, 0.2) is 47.3 Å². The summed E-state index contributed by atoms with van der Waals surface area (Å²) >= 11 is 0. The normalized spacial score (nSPS) is 14.0. The molecule has 118 valence electrons. The number of rotatable bonds is 4. The summed E-state index contributed by atoms with van der Waals surface area (Å²) in [5, 5.41) is 0. The number of nitrogens with zero attached hydrogens (tertiary/aromatic N) is 2. The van der Waals surface area contributed by atoms with E-state index in [9.17, 15) is 0 Å². The Morgan fingerprint density at radius 2 is 2.22 bits per heavy atom. The monoisotopic (exact) mass is 312 g/mol. The van der Waals surface area contributed by atoms with E-state index in [1.54, 1.807) is 19.6 Å². The SMILES string of the molecule is COc1cc(-c2nccn2[C@@H](C)c2ccco2)cc2c1OCO2. The Hall–Kier alpha value is -2.89. The summed E-state index contributed by atoms with van der Waals surface area (Å²) < 4.78 is 23.9. The molecule has 2 aromatic heterocycles. The number of imidazole rings is 1. The van der Waals surface area contributed by atoms with Crippen LogP contribution in [-0.2, 0) is 0 Å². The molecule has 6 nitrogen and oxygen atoms in total. The van der Waals surface area contributed by atoms with Crippen LogP contribution in [-0.4, -0.2) is 23.5 Å². The van der Waals surface area contributed by atoms with Gasteiger partial charge in [-0.2, -0.15) is 0 Å². The fraction of sp³-hybridized carbons (Fsp3) is 0.235. The Morgan fingerprint density at radius 3 is 3.00 bits per heavy atom. The zero-order valence-corrected chi connectivity index (χ0v) is 12.9. The van der Waals surface area contributed by atoms with Gasteiger partial charge in [-0.3, -0.25) is 0 Å². The predicted molar refractivity (Wildman–Crippen MR) is 82.9 cm³/mol. The van der Waals surface area contributed by atoms with Crippen LogP contribution in [0.3, 0.4) is 0 Å². The second-order valence-electron chi connectivity index (χ2n) is 5.26. The number of fused-ring (bicyclic) bond motifs is 1. The summed E-state index contributed by atoms with van der Waals surface area (Å²) in [5.41, 5.74) is 0.898. The quantitative estimate of drug-likeness (QED) is 0.738. The van der Waals surface area contributed by atoms with Crippen molar-refractivity contribution in [3.05, 3.63) is 48.7 Å². The van der Waals surface area contributed by atoms with E-state index in [4.69, 9.17) is 18.6 Å². The standard InChI is InChI=1S/C17H16N2O4/c1-11(13-4-3-7-21-13)19-6-5-18-17(19)12-8-14(20-2)16-15(9-12)22-10-23-16/h3-9,11H,10H2,1-2H3/t11-/m0/s1. The molecule has 0 spiro atoms. The molecule has 0 N–H and O–H groups in total. The second-order valence-corrected chi connectivity index (χ2v) is 5.26. The van der Waals surface area contributed by atoms with Gasteiger partial charge in [-0.15, -0.1) is 0 Å². The highest BCUT2D eigenvalue weighted by atomic mass is 16.7. The lowest BCUT2D eigenvalue weighted by atomic mass is 10.1. The Bertz CT molecular complexity index is 823. The molecular formula is C17H16N2O4. The summed E-state index contributed by atoms with van der Waals surface area (Å²) in [6.45, 7) is 2.26. The minimum Gasteiger partial charge on any atom is -0.493 e. The van der Waals surface area contributed by atoms with Gasteiger partial charge in [-0.25, -0.2) is 4.98 Å². The van der Waals surface area contributed by atoms with Crippen molar-refractivity contribution in [2.45, 2.75) is 13.0 Å². The van der Waals surface area contributed by atoms with Crippen LogP contribution in [0.5, 0.6) is 17.2 Å². The molecule has 1 atom stereocenters. The first kappa shape index (κ1) is 13.8. The van der Waals surface area contributed by atoms with Gasteiger partial charge in [-0.1, -0.05) is 0 Å². The van der Waals surface area contributed by atoms with Crippen LogP contribution in [0.4, 0.5) is 0 Å². The van der Waals surface area contributed by atoms with Crippen LogP contribution in [0.25, 0.3) is 11.4 Å². The van der Waals surface area contributed by atoms with Crippen LogP contribution in [0.2, 0.25) is 0 Å². The average molecular weight is 312 g/mol. The first-order valence-corrected chi connectivity index (χ1v) is 7.32. The lowest BCUT2D eigenvalue weighted by Crippen LogP contribution is -2.06. The van der Waals surface area contributed by atoms with Gasteiger partial charge in [0, 0.05) is 18.0 Å². The molecule has 23 heavy (non-hydrogen) atoms. The maximum Gasteiger partial charge on any atom is 0.231 e. The van der Waals surface area contributed by atoms with E-state index in [0.717, 1.165) is 17.1 Å². The molecule has 0 fully saturated rings. The van der Waals surface area contributed by atoms with Gasteiger partial charge in [0.05, 0.1) is 19.4 Å². The first-order valence-electron chi connectivity index (χ1n) is 7.32. The van der Waals surface area contributed by atoms with Gasteiger partial charge in [0.15, 0.2) is 11.5 Å². The molecule has 3 heterocycles. The number of hydrogen-bond acceptors (Lipinski definition) is 5. The van der Waals surface area contributed by atoms with Gasteiger partial charge < -0.3 is 23.2 Å². The molecule has 0 aliphatic carbocycles. The predicted octanol–water partition coefficient (Wildman–Crippen LogP) is 3.49. The minimum atomic E-state index is 0.0268. The fourth-order valence-corrected chi connectivity index (χ4v) is 2.77. The molecule has 0 radical (unpaired) electrons. The zero-order chi connectivity index (χ0) is 15.8. The van der Waals surface area contributed by atoms with Gasteiger partial charge in [0.1, 0.15) is 11.6 Å². The van der Waals surface area contributed by atoms with Crippen molar-refractivity contribution in [1.29, 1.82) is 0 Å². The molecule has 0 saturated carbocycles. The second kappa shape index (κ2) is 5.39. The van der Waals surface area contributed by atoms with Crippen LogP contribution < -0.4 is 14.2 Å². The van der Waals surface area contributed by atoms with Crippen molar-refractivity contribution >= 4 is 0 Å². The summed E-state index contributed by atoms with van der Waals surface area (Å²) in [5.74, 6) is 3.62. The molecule has 3 aromatic rings. The summed E-state index contributed by atoms with van der Waals surface area (Å²) in [6, 6.07) is 7.68. The maximum absolute atomic E-state index is 5.51. The van der Waals surface area contributed by atoms with Crippen LogP contribution >= 0.6 is 0 Å². The van der Waals surface area contributed by atoms with Crippen molar-refractivity contribution in [3.63, 3.8) is 0 Å². The molecule has 0 saturated heterocycles. The van der Waals surface area contributed by atoms with E-state index >= 15 is 0 Å². The summed E-state index contributed by atoms with van der Waals surface area (Å²) in [6.07, 6.45) is 5.37. The summed E-state index contributed by atoms with van der Waals surface area (Å²) in [4.78, 5) is 4.49. The number of methoxy groups -OCH3 is 1. The Labute approximate surface area is 133 Å². The smallest absolute Gasteiger partial charge is 0.231 e. The van der Waals surface area contributed by atoms with Crippen LogP contribution in [0.1, 0.15) is 18.7 Å². The van der Waals surface area contributed by atoms with Crippen molar-refractivity contribution < 1.29 is 18.6 Å². The number of hydrogen-bond donors (Lipinski definition) is 0. The van der Waals surface area contributed by atoms with Crippen molar-refractivity contribution in [2.24, 2.45) is 0 Å². The fourth-order valence-electron chi connectivity index (χ4n) is 2.77. The van der Waals surface area contributed by atoms with Gasteiger partial charge in [0.25, 0.3) is 0 Å². The van der Waals surface area contributed by atoms with Crippen molar-refractivity contribution in [3.8, 4) is 28.6 Å². The molecule has 6 heteroatoms. The molecule has 1 aromatic carbocycles. The summed E-state index contributed by atoms with van der Waals surface area (Å²) in [7, 11) is 1.61. The lowest BCUT2D eigenvalue weighted by molar-refractivity contribution is 0.171. The van der Waals surface area contributed by atoms with E-state index in [1.807, 2.05) is 30.5 Å². The number of benzene rings is 1. The highest BCUT2D eigenvalue weighted by Gasteiger charge is 2.23. The Kier molecular flexibility index (Phi) is 3.22. The number of furan rings is 1.